The molecule has 0 radical (unpaired) electrons. The molecule has 0 aliphatic heterocycles. The molecule has 0 aliphatic carbocycles. The molecular weight excluding hydrogens is 256 g/mol. The second-order valence-corrected chi connectivity index (χ2v) is 5.43. The van der Waals surface area contributed by atoms with Gasteiger partial charge in [0.1, 0.15) is 17.4 Å². The zero-order chi connectivity index (χ0) is 13.7. The standard InChI is InChI=1S/C15H20N2OS/c1-4-14(16-3)12-5-7-13(8-6-12)18-9-15-17-11(2)10-19-15/h5-8,10,14,16H,4,9H2,1-3H3. The molecule has 0 saturated carbocycles. The first kappa shape index (κ1) is 14.0. The number of nitrogens with zero attached hydrogens (tertiary/aromatic N) is 1. The molecule has 1 aromatic carbocycles. The normalized spacial score (nSPS) is 12.4. The van der Waals surface area contributed by atoms with Gasteiger partial charge in [-0.2, -0.15) is 0 Å². The van der Waals surface area contributed by atoms with Crippen molar-refractivity contribution >= 4 is 11.3 Å². The molecule has 1 aromatic heterocycles. The number of aromatic nitrogens is 1. The van der Waals surface area contributed by atoms with Gasteiger partial charge in [0.15, 0.2) is 0 Å². The highest BCUT2D eigenvalue weighted by molar-refractivity contribution is 7.09. The van der Waals surface area contributed by atoms with Crippen LogP contribution >= 0.6 is 11.3 Å². The Labute approximate surface area is 118 Å². The first-order valence-corrected chi connectivity index (χ1v) is 7.42. The van der Waals surface area contributed by atoms with Crippen LogP contribution in [0.25, 0.3) is 0 Å². The summed E-state index contributed by atoms with van der Waals surface area (Å²) in [7, 11) is 1.99. The van der Waals surface area contributed by atoms with Crippen LogP contribution in [0.3, 0.4) is 0 Å². The number of hydrogen-bond donors (Lipinski definition) is 1. The van der Waals surface area contributed by atoms with E-state index in [-0.39, 0.29) is 0 Å². The largest absolute Gasteiger partial charge is 0.486 e. The summed E-state index contributed by atoms with van der Waals surface area (Å²) in [6.45, 7) is 4.72. The Balaban J connectivity index is 1.95. The maximum absolute atomic E-state index is 5.73. The van der Waals surface area contributed by atoms with Crippen molar-refractivity contribution in [3.63, 3.8) is 0 Å². The lowest BCUT2D eigenvalue weighted by Gasteiger charge is -2.14. The topological polar surface area (TPSA) is 34.1 Å². The highest BCUT2D eigenvalue weighted by Crippen LogP contribution is 2.21. The fourth-order valence-electron chi connectivity index (χ4n) is 2.02. The minimum Gasteiger partial charge on any atom is -0.486 e. The van der Waals surface area contributed by atoms with E-state index in [0.29, 0.717) is 12.6 Å². The molecule has 1 heterocycles. The lowest BCUT2D eigenvalue weighted by atomic mass is 10.1. The number of thiazole rings is 1. The van der Waals surface area contributed by atoms with Crippen LogP contribution in [0.1, 0.15) is 35.7 Å². The van der Waals surface area contributed by atoms with E-state index in [1.807, 2.05) is 31.5 Å². The predicted molar refractivity (Wildman–Crippen MR) is 79.7 cm³/mol. The van der Waals surface area contributed by atoms with Crippen molar-refractivity contribution in [1.82, 2.24) is 10.3 Å². The Morgan fingerprint density at radius 2 is 2.05 bits per heavy atom. The molecule has 1 N–H and O–H groups in total. The van der Waals surface area contributed by atoms with E-state index < -0.39 is 0 Å². The second-order valence-electron chi connectivity index (χ2n) is 4.49. The highest BCUT2D eigenvalue weighted by Gasteiger charge is 2.06. The smallest absolute Gasteiger partial charge is 0.140 e. The maximum Gasteiger partial charge on any atom is 0.140 e. The van der Waals surface area contributed by atoms with Gasteiger partial charge >= 0.3 is 0 Å². The van der Waals surface area contributed by atoms with Gasteiger partial charge in [0.2, 0.25) is 0 Å². The van der Waals surface area contributed by atoms with Crippen molar-refractivity contribution in [2.75, 3.05) is 7.05 Å². The van der Waals surface area contributed by atoms with Crippen LogP contribution in [0, 0.1) is 6.92 Å². The first-order valence-electron chi connectivity index (χ1n) is 6.54. The third-order valence-electron chi connectivity index (χ3n) is 3.07. The molecule has 0 bridgehead atoms. The first-order chi connectivity index (χ1) is 9.22. The van der Waals surface area contributed by atoms with E-state index in [9.17, 15) is 0 Å². The number of benzene rings is 1. The monoisotopic (exact) mass is 276 g/mol. The lowest BCUT2D eigenvalue weighted by Crippen LogP contribution is -2.14. The van der Waals surface area contributed by atoms with Crippen molar-refractivity contribution in [3.05, 3.63) is 45.9 Å². The van der Waals surface area contributed by atoms with Crippen LogP contribution < -0.4 is 10.1 Å². The van der Waals surface area contributed by atoms with Crippen molar-refractivity contribution in [2.45, 2.75) is 32.9 Å². The Morgan fingerprint density at radius 1 is 1.32 bits per heavy atom. The number of rotatable bonds is 6. The summed E-state index contributed by atoms with van der Waals surface area (Å²) in [6.07, 6.45) is 1.08. The summed E-state index contributed by atoms with van der Waals surface area (Å²) in [5.41, 5.74) is 2.35. The van der Waals surface area contributed by atoms with Crippen LogP contribution in [-0.2, 0) is 6.61 Å². The van der Waals surface area contributed by atoms with Gasteiger partial charge in [-0.25, -0.2) is 4.98 Å². The van der Waals surface area contributed by atoms with Crippen molar-refractivity contribution in [1.29, 1.82) is 0 Å². The Kier molecular flexibility index (Phi) is 4.93. The molecule has 0 aliphatic rings. The zero-order valence-corrected chi connectivity index (χ0v) is 12.5. The summed E-state index contributed by atoms with van der Waals surface area (Å²) in [4.78, 5) is 4.38. The maximum atomic E-state index is 5.73. The number of aryl methyl sites for hydroxylation is 1. The summed E-state index contributed by atoms with van der Waals surface area (Å²) in [6, 6.07) is 8.70. The van der Waals surface area contributed by atoms with Gasteiger partial charge in [-0.1, -0.05) is 19.1 Å². The van der Waals surface area contributed by atoms with Crippen molar-refractivity contribution in [2.24, 2.45) is 0 Å². The molecule has 3 nitrogen and oxygen atoms in total. The molecule has 0 fully saturated rings. The number of hydrogen-bond acceptors (Lipinski definition) is 4. The molecule has 19 heavy (non-hydrogen) atoms. The van der Waals surface area contributed by atoms with Gasteiger partial charge < -0.3 is 10.1 Å². The summed E-state index contributed by atoms with van der Waals surface area (Å²) in [5, 5.41) is 6.36. The van der Waals surface area contributed by atoms with Gasteiger partial charge in [0.25, 0.3) is 0 Å². The minimum absolute atomic E-state index is 0.413. The van der Waals surface area contributed by atoms with Crippen LogP contribution in [-0.4, -0.2) is 12.0 Å². The lowest BCUT2D eigenvalue weighted by molar-refractivity contribution is 0.305. The fraction of sp³-hybridized carbons (Fsp3) is 0.400. The SMILES string of the molecule is CCC(NC)c1ccc(OCc2nc(C)cs2)cc1. The molecule has 0 amide bonds. The number of nitrogens with one attached hydrogen (secondary N) is 1. The number of ether oxygens (including phenoxy) is 1. The van der Waals surface area contributed by atoms with Crippen molar-refractivity contribution < 1.29 is 4.74 Å². The summed E-state index contributed by atoms with van der Waals surface area (Å²) in [5.74, 6) is 0.891. The molecule has 0 saturated heterocycles. The Hall–Kier alpha value is -1.39. The van der Waals surface area contributed by atoms with Crippen LogP contribution in [0.5, 0.6) is 5.75 Å². The fourth-order valence-corrected chi connectivity index (χ4v) is 2.70. The summed E-state index contributed by atoms with van der Waals surface area (Å²) >= 11 is 1.64. The van der Waals surface area contributed by atoms with E-state index in [4.69, 9.17) is 4.74 Å². The Bertz CT molecular complexity index is 503. The zero-order valence-electron chi connectivity index (χ0n) is 11.6. The molecule has 4 heteroatoms. The molecule has 102 valence electrons. The van der Waals surface area contributed by atoms with Crippen molar-refractivity contribution in [3.8, 4) is 5.75 Å². The molecule has 2 rings (SSSR count). The third kappa shape index (κ3) is 3.78. The van der Waals surface area contributed by atoms with E-state index in [1.165, 1.54) is 5.56 Å². The molecule has 2 aromatic rings. The van der Waals surface area contributed by atoms with E-state index in [2.05, 4.69) is 29.4 Å². The van der Waals surface area contributed by atoms with Gasteiger partial charge in [-0.15, -0.1) is 11.3 Å². The van der Waals surface area contributed by atoms with Gasteiger partial charge in [-0.05, 0) is 38.1 Å². The van der Waals surface area contributed by atoms with Crippen LogP contribution in [0.4, 0.5) is 0 Å². The second kappa shape index (κ2) is 6.68. The van der Waals surface area contributed by atoms with Gasteiger partial charge in [-0.3, -0.25) is 0 Å². The molecule has 0 spiro atoms. The highest BCUT2D eigenvalue weighted by atomic mass is 32.1. The molecule has 1 unspecified atom stereocenters. The van der Waals surface area contributed by atoms with Crippen LogP contribution in [0.15, 0.2) is 29.6 Å². The molecule has 1 atom stereocenters. The molecular formula is C15H20N2OS. The Morgan fingerprint density at radius 3 is 2.58 bits per heavy atom. The summed E-state index contributed by atoms with van der Waals surface area (Å²) < 4.78 is 5.73. The minimum atomic E-state index is 0.413. The van der Waals surface area contributed by atoms with Gasteiger partial charge in [0, 0.05) is 17.1 Å². The average molecular weight is 276 g/mol. The van der Waals surface area contributed by atoms with Gasteiger partial charge in [0.05, 0.1) is 0 Å². The van der Waals surface area contributed by atoms with Crippen LogP contribution in [0.2, 0.25) is 0 Å². The predicted octanol–water partition coefficient (Wildman–Crippen LogP) is 3.70. The van der Waals surface area contributed by atoms with E-state index in [0.717, 1.165) is 22.9 Å². The average Bonchev–Trinajstić information content (AvgIpc) is 2.85. The van der Waals surface area contributed by atoms with E-state index in [1.54, 1.807) is 11.3 Å². The quantitative estimate of drug-likeness (QED) is 0.873. The third-order valence-corrected chi connectivity index (χ3v) is 4.01. The van der Waals surface area contributed by atoms with E-state index >= 15 is 0 Å².